The highest BCUT2D eigenvalue weighted by atomic mass is 79.9. The minimum atomic E-state index is -0.0800. The van der Waals surface area contributed by atoms with Crippen LogP contribution in [0.5, 0.6) is 0 Å². The Hall–Kier alpha value is -2.25. The Labute approximate surface area is 150 Å². The van der Waals surface area contributed by atoms with Gasteiger partial charge in [0.2, 0.25) is 0 Å². The van der Waals surface area contributed by atoms with E-state index < -0.39 is 0 Å². The zero-order chi connectivity index (χ0) is 16.7. The Morgan fingerprint density at radius 1 is 1.29 bits per heavy atom. The molecule has 0 fully saturated rings. The van der Waals surface area contributed by atoms with E-state index in [1.165, 1.54) is 11.3 Å². The van der Waals surface area contributed by atoms with Crippen LogP contribution in [-0.4, -0.2) is 21.1 Å². The first kappa shape index (κ1) is 15.3. The number of nitrogens with one attached hydrogen (secondary N) is 1. The molecule has 0 spiro atoms. The first-order chi connectivity index (χ1) is 11.7. The van der Waals surface area contributed by atoms with E-state index in [0.717, 1.165) is 32.6 Å². The normalized spacial score (nSPS) is 11.2. The van der Waals surface area contributed by atoms with Crippen LogP contribution < -0.4 is 10.9 Å². The number of anilines is 1. The monoisotopic (exact) mass is 400 g/mol. The van der Waals surface area contributed by atoms with Crippen molar-refractivity contribution >= 4 is 53.4 Å². The van der Waals surface area contributed by atoms with Crippen LogP contribution in [0.2, 0.25) is 0 Å². The average molecular weight is 401 g/mol. The second-order valence-corrected chi connectivity index (χ2v) is 7.16. The maximum absolute atomic E-state index is 12.9. The maximum Gasteiger partial charge on any atom is 0.275 e. The molecule has 0 bridgehead atoms. The highest BCUT2D eigenvalue weighted by molar-refractivity contribution is 9.10. The highest BCUT2D eigenvalue weighted by Gasteiger charge is 2.15. The number of nitrogens with zero attached hydrogens (tertiary/aromatic N) is 3. The molecule has 7 heteroatoms. The molecule has 0 radical (unpaired) electrons. The first-order valence-electron chi connectivity index (χ1n) is 7.47. The molecule has 0 unspecified atom stereocenters. The summed E-state index contributed by atoms with van der Waals surface area (Å²) in [5.74, 6) is 0. The lowest BCUT2D eigenvalue weighted by Crippen LogP contribution is -2.17. The van der Waals surface area contributed by atoms with Gasteiger partial charge in [0.15, 0.2) is 0 Å². The third-order valence-electron chi connectivity index (χ3n) is 3.74. The molecule has 0 aliphatic heterocycles. The number of hydrogen-bond donors (Lipinski definition) is 1. The number of halogens is 1. The van der Waals surface area contributed by atoms with Gasteiger partial charge < -0.3 is 5.32 Å². The number of rotatable bonds is 3. The van der Waals surface area contributed by atoms with Gasteiger partial charge in [-0.05, 0) is 31.2 Å². The molecule has 5 nitrogen and oxygen atoms in total. The van der Waals surface area contributed by atoms with Crippen molar-refractivity contribution < 1.29 is 0 Å². The Morgan fingerprint density at radius 3 is 2.96 bits per heavy atom. The minimum absolute atomic E-state index is 0.0800. The predicted octanol–water partition coefficient (Wildman–Crippen LogP) is 4.19. The fraction of sp³-hybridized carbons (Fsp3) is 0.118. The second kappa shape index (κ2) is 5.99. The molecule has 1 aromatic carbocycles. The molecular formula is C17H13BrN4OS. The van der Waals surface area contributed by atoms with Crippen molar-refractivity contribution in [2.45, 2.75) is 6.92 Å². The lowest BCUT2D eigenvalue weighted by atomic mass is 10.2. The number of thiophene rings is 1. The fourth-order valence-electron chi connectivity index (χ4n) is 2.70. The number of hydrogen-bond acceptors (Lipinski definition) is 5. The summed E-state index contributed by atoms with van der Waals surface area (Å²) in [6.07, 6.45) is 3.34. The molecule has 4 aromatic rings. The summed E-state index contributed by atoms with van der Waals surface area (Å²) in [7, 11) is 0. The summed E-state index contributed by atoms with van der Waals surface area (Å²) in [4.78, 5) is 22.7. The largest absolute Gasteiger partial charge is 0.385 e. The Kier molecular flexibility index (Phi) is 3.82. The van der Waals surface area contributed by atoms with E-state index in [1.54, 1.807) is 17.1 Å². The van der Waals surface area contributed by atoms with Crippen LogP contribution in [0.4, 0.5) is 5.69 Å². The van der Waals surface area contributed by atoms with Crippen molar-refractivity contribution in [1.29, 1.82) is 0 Å². The van der Waals surface area contributed by atoms with E-state index in [4.69, 9.17) is 0 Å². The summed E-state index contributed by atoms with van der Waals surface area (Å²) < 4.78 is 3.10. The van der Waals surface area contributed by atoms with Gasteiger partial charge in [0.25, 0.3) is 5.56 Å². The molecule has 3 heterocycles. The van der Waals surface area contributed by atoms with Gasteiger partial charge in [-0.1, -0.05) is 22.0 Å². The molecule has 1 N–H and O–H groups in total. The molecule has 0 saturated heterocycles. The second-order valence-electron chi connectivity index (χ2n) is 5.25. The highest BCUT2D eigenvalue weighted by Crippen LogP contribution is 2.34. The average Bonchev–Trinajstić information content (AvgIpc) is 2.96. The summed E-state index contributed by atoms with van der Waals surface area (Å²) in [5, 5.41) is 4.23. The molecular weight excluding hydrogens is 388 g/mol. The Balaban J connectivity index is 2.02. The van der Waals surface area contributed by atoms with E-state index in [2.05, 4.69) is 31.2 Å². The quantitative estimate of drug-likeness (QED) is 0.559. The summed E-state index contributed by atoms with van der Waals surface area (Å²) in [5.41, 5.74) is 2.36. The van der Waals surface area contributed by atoms with Gasteiger partial charge in [-0.2, -0.15) is 0 Å². The number of aromatic nitrogens is 3. The van der Waals surface area contributed by atoms with Crippen molar-refractivity contribution in [3.8, 4) is 5.69 Å². The fourth-order valence-corrected chi connectivity index (χ4v) is 4.14. The first-order valence-corrected chi connectivity index (χ1v) is 9.08. The van der Waals surface area contributed by atoms with Crippen molar-refractivity contribution in [3.63, 3.8) is 0 Å². The van der Waals surface area contributed by atoms with E-state index in [0.29, 0.717) is 10.2 Å². The van der Waals surface area contributed by atoms with Gasteiger partial charge in [0, 0.05) is 22.9 Å². The molecule has 3 aromatic heterocycles. The molecule has 120 valence electrons. The van der Waals surface area contributed by atoms with Crippen molar-refractivity contribution in [2.75, 3.05) is 11.9 Å². The summed E-state index contributed by atoms with van der Waals surface area (Å²) in [6.45, 7) is 2.83. The SMILES string of the molecule is CCNc1ccnc2sc3c(=O)n(-c4cccc(Br)c4)cnc3c12. The topological polar surface area (TPSA) is 59.8 Å². The van der Waals surface area contributed by atoms with Gasteiger partial charge in [0.05, 0.1) is 16.6 Å². The molecule has 4 rings (SSSR count). The van der Waals surface area contributed by atoms with E-state index >= 15 is 0 Å². The van der Waals surface area contributed by atoms with E-state index in [9.17, 15) is 4.79 Å². The van der Waals surface area contributed by atoms with Gasteiger partial charge in [-0.15, -0.1) is 11.3 Å². The van der Waals surface area contributed by atoms with Gasteiger partial charge in [0.1, 0.15) is 15.9 Å². The number of fused-ring (bicyclic) bond motifs is 3. The predicted molar refractivity (Wildman–Crippen MR) is 102 cm³/mol. The van der Waals surface area contributed by atoms with Gasteiger partial charge in [-0.25, -0.2) is 9.97 Å². The van der Waals surface area contributed by atoms with Gasteiger partial charge >= 0.3 is 0 Å². The van der Waals surface area contributed by atoms with Crippen molar-refractivity contribution in [3.05, 3.63) is 57.7 Å². The van der Waals surface area contributed by atoms with Crippen LogP contribution in [0.15, 0.2) is 52.1 Å². The zero-order valence-corrected chi connectivity index (χ0v) is 15.2. The molecule has 0 amide bonds. The Morgan fingerprint density at radius 2 is 2.17 bits per heavy atom. The zero-order valence-electron chi connectivity index (χ0n) is 12.8. The van der Waals surface area contributed by atoms with Crippen molar-refractivity contribution in [2.24, 2.45) is 0 Å². The van der Waals surface area contributed by atoms with E-state index in [-0.39, 0.29) is 5.56 Å². The lowest BCUT2D eigenvalue weighted by Gasteiger charge is -2.06. The summed E-state index contributed by atoms with van der Waals surface area (Å²) >= 11 is 4.82. The van der Waals surface area contributed by atoms with Crippen LogP contribution in [0, 0.1) is 0 Å². The van der Waals surface area contributed by atoms with Crippen LogP contribution in [-0.2, 0) is 0 Å². The van der Waals surface area contributed by atoms with Crippen LogP contribution in [0.25, 0.3) is 26.1 Å². The van der Waals surface area contributed by atoms with Gasteiger partial charge in [-0.3, -0.25) is 9.36 Å². The molecule has 0 atom stereocenters. The number of pyridine rings is 1. The molecule has 24 heavy (non-hydrogen) atoms. The summed E-state index contributed by atoms with van der Waals surface area (Å²) in [6, 6.07) is 9.51. The van der Waals surface area contributed by atoms with Crippen LogP contribution in [0.1, 0.15) is 6.92 Å². The third kappa shape index (κ3) is 2.40. The van der Waals surface area contributed by atoms with Crippen molar-refractivity contribution in [1.82, 2.24) is 14.5 Å². The minimum Gasteiger partial charge on any atom is -0.385 e. The smallest absolute Gasteiger partial charge is 0.275 e. The molecule has 0 saturated carbocycles. The van der Waals surface area contributed by atoms with E-state index in [1.807, 2.05) is 37.3 Å². The molecule has 0 aliphatic rings. The van der Waals surface area contributed by atoms with Crippen LogP contribution in [0.3, 0.4) is 0 Å². The Bertz CT molecular complexity index is 1120. The standard InChI is InChI=1S/C17H13BrN4OS/c1-2-19-12-6-7-20-16-13(12)14-15(24-16)17(23)22(9-21-14)11-5-3-4-10(18)8-11/h3-9H,2H2,1H3,(H,19,20). The molecule has 0 aliphatic carbocycles. The maximum atomic E-state index is 12.9. The van der Waals surface area contributed by atoms with Crippen LogP contribution >= 0.6 is 27.3 Å². The third-order valence-corrected chi connectivity index (χ3v) is 5.30. The lowest BCUT2D eigenvalue weighted by molar-refractivity contribution is 0.966. The number of benzene rings is 1.